The molecule has 0 saturated carbocycles. The number of carboxylic acid groups (broad SMARTS) is 1. The van der Waals surface area contributed by atoms with Crippen molar-refractivity contribution in [3.63, 3.8) is 0 Å². The number of benzene rings is 1. The number of hydrogen-bond acceptors (Lipinski definition) is 4. The van der Waals surface area contributed by atoms with Gasteiger partial charge in [-0.25, -0.2) is 17.6 Å². The van der Waals surface area contributed by atoms with Crippen molar-refractivity contribution in [2.45, 2.75) is 11.1 Å². The minimum absolute atomic E-state index is 0.0818. The summed E-state index contributed by atoms with van der Waals surface area (Å²) in [5.41, 5.74) is 0.482. The first-order valence-electron chi connectivity index (χ1n) is 5.42. The van der Waals surface area contributed by atoms with Crippen LogP contribution in [0.1, 0.15) is 15.2 Å². The van der Waals surface area contributed by atoms with Gasteiger partial charge < -0.3 is 5.11 Å². The Labute approximate surface area is 118 Å². The standard InChI is InChI=1S/C12H10FNO4S2/c1-7-2-3-8(6-9(7)13)14-20(17,18)11-5-4-10(19-11)12(15)16/h2-6,14H,1H3,(H,15,16). The molecule has 106 valence electrons. The highest BCUT2D eigenvalue weighted by atomic mass is 32.2. The van der Waals surface area contributed by atoms with Crippen molar-refractivity contribution in [2.75, 3.05) is 4.72 Å². The predicted molar refractivity (Wildman–Crippen MR) is 73.2 cm³/mol. The van der Waals surface area contributed by atoms with Crippen molar-refractivity contribution in [3.05, 3.63) is 46.6 Å². The van der Waals surface area contributed by atoms with E-state index in [1.165, 1.54) is 24.3 Å². The van der Waals surface area contributed by atoms with E-state index in [0.717, 1.165) is 6.07 Å². The summed E-state index contributed by atoms with van der Waals surface area (Å²) in [6, 6.07) is 6.35. The van der Waals surface area contributed by atoms with Crippen LogP contribution >= 0.6 is 11.3 Å². The highest BCUT2D eigenvalue weighted by Crippen LogP contribution is 2.24. The number of aryl methyl sites for hydroxylation is 1. The molecular formula is C12H10FNO4S2. The molecule has 0 aliphatic rings. The zero-order valence-electron chi connectivity index (χ0n) is 10.3. The van der Waals surface area contributed by atoms with Crippen molar-refractivity contribution in [3.8, 4) is 0 Å². The molecule has 0 bridgehead atoms. The average molecular weight is 315 g/mol. The zero-order chi connectivity index (χ0) is 14.9. The van der Waals surface area contributed by atoms with Crippen LogP contribution in [0.4, 0.5) is 10.1 Å². The summed E-state index contributed by atoms with van der Waals surface area (Å²) in [6.45, 7) is 1.56. The summed E-state index contributed by atoms with van der Waals surface area (Å²) in [7, 11) is -3.92. The molecule has 1 aromatic carbocycles. The largest absolute Gasteiger partial charge is 0.477 e. The van der Waals surface area contributed by atoms with Crippen molar-refractivity contribution in [1.82, 2.24) is 0 Å². The minimum atomic E-state index is -3.92. The molecule has 2 rings (SSSR count). The van der Waals surface area contributed by atoms with E-state index in [2.05, 4.69) is 4.72 Å². The SMILES string of the molecule is Cc1ccc(NS(=O)(=O)c2ccc(C(=O)O)s2)cc1F. The summed E-state index contributed by atoms with van der Waals surface area (Å²) in [5.74, 6) is -1.72. The molecule has 5 nitrogen and oxygen atoms in total. The number of carbonyl (C=O) groups is 1. The van der Waals surface area contributed by atoms with Crippen LogP contribution in [0.25, 0.3) is 0 Å². The second-order valence-electron chi connectivity index (χ2n) is 3.99. The monoisotopic (exact) mass is 315 g/mol. The maximum Gasteiger partial charge on any atom is 0.345 e. The molecule has 0 fully saturated rings. The number of hydrogen-bond donors (Lipinski definition) is 2. The van der Waals surface area contributed by atoms with Gasteiger partial charge in [0.05, 0.1) is 5.69 Å². The first-order valence-corrected chi connectivity index (χ1v) is 7.71. The third-order valence-corrected chi connectivity index (χ3v) is 5.43. The second-order valence-corrected chi connectivity index (χ2v) is 6.99. The van der Waals surface area contributed by atoms with E-state index in [-0.39, 0.29) is 14.8 Å². The fourth-order valence-electron chi connectivity index (χ4n) is 1.44. The molecule has 0 amide bonds. The van der Waals surface area contributed by atoms with Gasteiger partial charge in [0.1, 0.15) is 14.9 Å². The lowest BCUT2D eigenvalue weighted by atomic mass is 10.2. The molecule has 0 unspecified atom stereocenters. The molecule has 0 radical (unpaired) electrons. The Morgan fingerprint density at radius 1 is 1.30 bits per heavy atom. The van der Waals surface area contributed by atoms with E-state index in [4.69, 9.17) is 5.11 Å². The van der Waals surface area contributed by atoms with Crippen LogP contribution in [-0.2, 0) is 10.0 Å². The van der Waals surface area contributed by atoms with E-state index in [1.807, 2.05) is 0 Å². The van der Waals surface area contributed by atoms with E-state index < -0.39 is 21.8 Å². The lowest BCUT2D eigenvalue weighted by Gasteiger charge is -2.07. The van der Waals surface area contributed by atoms with Crippen LogP contribution in [-0.4, -0.2) is 19.5 Å². The molecule has 1 heterocycles. The van der Waals surface area contributed by atoms with Crippen LogP contribution in [0, 0.1) is 12.7 Å². The number of sulfonamides is 1. The summed E-state index contributed by atoms with van der Waals surface area (Å²) >= 11 is 0.631. The Morgan fingerprint density at radius 2 is 2.00 bits per heavy atom. The Morgan fingerprint density at radius 3 is 2.55 bits per heavy atom. The predicted octanol–water partition coefficient (Wildman–Crippen LogP) is 2.69. The Balaban J connectivity index is 2.30. The van der Waals surface area contributed by atoms with E-state index in [0.29, 0.717) is 16.9 Å². The van der Waals surface area contributed by atoms with Gasteiger partial charge in [-0.15, -0.1) is 11.3 Å². The van der Waals surface area contributed by atoms with Gasteiger partial charge in [-0.2, -0.15) is 0 Å². The molecule has 2 aromatic rings. The third kappa shape index (κ3) is 2.97. The van der Waals surface area contributed by atoms with Crippen LogP contribution < -0.4 is 4.72 Å². The van der Waals surface area contributed by atoms with Gasteiger partial charge >= 0.3 is 5.97 Å². The molecule has 0 aliphatic heterocycles. The maximum atomic E-state index is 13.4. The molecule has 2 N–H and O–H groups in total. The van der Waals surface area contributed by atoms with Gasteiger partial charge in [0.25, 0.3) is 10.0 Å². The third-order valence-electron chi connectivity index (χ3n) is 2.48. The Hall–Kier alpha value is -1.93. The van der Waals surface area contributed by atoms with E-state index in [9.17, 15) is 17.6 Å². The summed E-state index contributed by atoms with van der Waals surface area (Å²) in [4.78, 5) is 10.6. The van der Waals surface area contributed by atoms with Gasteiger partial charge in [-0.3, -0.25) is 4.72 Å². The Bertz CT molecular complexity index is 768. The smallest absolute Gasteiger partial charge is 0.345 e. The van der Waals surface area contributed by atoms with Gasteiger partial charge in [-0.1, -0.05) is 6.07 Å². The van der Waals surface area contributed by atoms with Crippen molar-refractivity contribution in [1.29, 1.82) is 0 Å². The maximum absolute atomic E-state index is 13.4. The number of aromatic carboxylic acids is 1. The first-order chi connectivity index (χ1) is 9.29. The van der Waals surface area contributed by atoms with Gasteiger partial charge in [-0.05, 0) is 36.8 Å². The van der Waals surface area contributed by atoms with Crippen LogP contribution in [0.15, 0.2) is 34.5 Å². The molecule has 0 spiro atoms. The number of rotatable bonds is 4. The van der Waals surface area contributed by atoms with E-state index >= 15 is 0 Å². The fourth-order valence-corrected chi connectivity index (χ4v) is 3.64. The number of halogens is 1. The van der Waals surface area contributed by atoms with Gasteiger partial charge in [0.15, 0.2) is 0 Å². The van der Waals surface area contributed by atoms with Gasteiger partial charge in [0, 0.05) is 0 Å². The zero-order valence-corrected chi connectivity index (χ0v) is 11.9. The minimum Gasteiger partial charge on any atom is -0.477 e. The lowest BCUT2D eigenvalue weighted by Crippen LogP contribution is -2.11. The molecule has 0 aliphatic carbocycles. The highest BCUT2D eigenvalue weighted by Gasteiger charge is 2.19. The van der Waals surface area contributed by atoms with Crippen molar-refractivity contribution < 1.29 is 22.7 Å². The van der Waals surface area contributed by atoms with Crippen LogP contribution in [0.2, 0.25) is 0 Å². The van der Waals surface area contributed by atoms with Gasteiger partial charge in [0.2, 0.25) is 0 Å². The highest BCUT2D eigenvalue weighted by molar-refractivity contribution is 7.94. The van der Waals surface area contributed by atoms with Crippen LogP contribution in [0.3, 0.4) is 0 Å². The fraction of sp³-hybridized carbons (Fsp3) is 0.0833. The molecule has 8 heteroatoms. The quantitative estimate of drug-likeness (QED) is 0.908. The topological polar surface area (TPSA) is 83.5 Å². The molecular weight excluding hydrogens is 305 g/mol. The van der Waals surface area contributed by atoms with Crippen molar-refractivity contribution in [2.24, 2.45) is 0 Å². The summed E-state index contributed by atoms with van der Waals surface area (Å²) in [5, 5.41) is 8.77. The number of anilines is 1. The van der Waals surface area contributed by atoms with Crippen molar-refractivity contribution >= 4 is 33.0 Å². The van der Waals surface area contributed by atoms with Crippen LogP contribution in [0.5, 0.6) is 0 Å². The number of carboxylic acids is 1. The second kappa shape index (κ2) is 5.22. The lowest BCUT2D eigenvalue weighted by molar-refractivity contribution is 0.0702. The summed E-state index contributed by atoms with van der Waals surface area (Å²) < 4.78 is 39.5. The Kier molecular flexibility index (Phi) is 3.78. The molecule has 1 aromatic heterocycles. The summed E-state index contributed by atoms with van der Waals surface area (Å²) in [6.07, 6.45) is 0. The number of nitrogens with one attached hydrogen (secondary N) is 1. The average Bonchev–Trinajstić information content (AvgIpc) is 2.84. The normalized spacial score (nSPS) is 11.3. The molecule has 20 heavy (non-hydrogen) atoms. The first kappa shape index (κ1) is 14.5. The number of thiophene rings is 1. The molecule has 0 atom stereocenters. The van der Waals surface area contributed by atoms with E-state index in [1.54, 1.807) is 6.92 Å². The molecule has 0 saturated heterocycles.